The first-order valence-electron chi connectivity index (χ1n) is 3.30. The van der Waals surface area contributed by atoms with Crippen LogP contribution in [0.1, 0.15) is 6.92 Å². The summed E-state index contributed by atoms with van der Waals surface area (Å²) in [5.74, 6) is -0.396. The maximum atomic E-state index is 10.6. The fourth-order valence-electron chi connectivity index (χ4n) is 0.697. The summed E-state index contributed by atoms with van der Waals surface area (Å²) in [4.78, 5) is 14.4. The Balaban J connectivity index is 3.12. The van der Waals surface area contributed by atoms with Crippen LogP contribution in [-0.2, 0) is 4.79 Å². The maximum Gasteiger partial charge on any atom is 0.309 e. The molecule has 2 N–H and O–H groups in total. The van der Waals surface area contributed by atoms with Crippen LogP contribution in [0.2, 0.25) is 5.15 Å². The van der Waals surface area contributed by atoms with Crippen molar-refractivity contribution < 1.29 is 9.53 Å². The van der Waals surface area contributed by atoms with Crippen molar-refractivity contribution in [2.75, 3.05) is 5.73 Å². The molecule has 0 aliphatic rings. The van der Waals surface area contributed by atoms with E-state index in [1.165, 1.54) is 13.0 Å². The third kappa shape index (κ3) is 2.57. The second kappa shape index (κ2) is 3.93. The molecule has 0 fully saturated rings. The van der Waals surface area contributed by atoms with Gasteiger partial charge in [0.2, 0.25) is 5.88 Å². The van der Waals surface area contributed by atoms with Gasteiger partial charge in [0.1, 0.15) is 9.63 Å². The van der Waals surface area contributed by atoms with Crippen molar-refractivity contribution in [3.8, 4) is 5.88 Å². The number of ether oxygens (including phenoxy) is 1. The average molecular weight is 265 g/mol. The maximum absolute atomic E-state index is 10.6. The van der Waals surface area contributed by atoms with E-state index in [2.05, 4.69) is 20.9 Å². The van der Waals surface area contributed by atoms with E-state index in [9.17, 15) is 4.79 Å². The number of hydrogen-bond acceptors (Lipinski definition) is 4. The topological polar surface area (TPSA) is 65.2 Å². The number of aromatic nitrogens is 1. The highest BCUT2D eigenvalue weighted by Gasteiger charge is 2.10. The van der Waals surface area contributed by atoms with Gasteiger partial charge in [0.25, 0.3) is 0 Å². The number of carbonyl (C=O) groups is 1. The van der Waals surface area contributed by atoms with Crippen molar-refractivity contribution in [2.45, 2.75) is 6.92 Å². The number of nitrogen functional groups attached to an aromatic ring is 1. The van der Waals surface area contributed by atoms with E-state index in [1.807, 2.05) is 0 Å². The van der Waals surface area contributed by atoms with Gasteiger partial charge in [0, 0.05) is 6.92 Å². The molecule has 0 saturated carbocycles. The lowest BCUT2D eigenvalue weighted by molar-refractivity contribution is -0.132. The van der Waals surface area contributed by atoms with Crippen LogP contribution in [0.3, 0.4) is 0 Å². The fraction of sp³-hybridized carbons (Fsp3) is 0.143. The van der Waals surface area contributed by atoms with Gasteiger partial charge in [0.15, 0.2) is 0 Å². The zero-order valence-corrected chi connectivity index (χ0v) is 9.02. The molecule has 1 aromatic heterocycles. The lowest BCUT2D eigenvalue weighted by Gasteiger charge is -2.05. The quantitative estimate of drug-likeness (QED) is 0.623. The molecular formula is C7H6BrClN2O2. The second-order valence-corrected chi connectivity index (χ2v) is 3.43. The lowest BCUT2D eigenvalue weighted by Crippen LogP contribution is -2.05. The minimum atomic E-state index is -0.477. The van der Waals surface area contributed by atoms with Gasteiger partial charge in [-0.3, -0.25) is 4.79 Å². The van der Waals surface area contributed by atoms with Gasteiger partial charge in [-0.05, 0) is 22.0 Å². The summed E-state index contributed by atoms with van der Waals surface area (Å²) in [7, 11) is 0. The van der Waals surface area contributed by atoms with E-state index >= 15 is 0 Å². The second-order valence-electron chi connectivity index (χ2n) is 2.25. The third-order valence-electron chi connectivity index (χ3n) is 1.16. The summed E-state index contributed by atoms with van der Waals surface area (Å²) in [6.07, 6.45) is 0. The molecule has 13 heavy (non-hydrogen) atoms. The van der Waals surface area contributed by atoms with E-state index in [-0.39, 0.29) is 11.0 Å². The van der Waals surface area contributed by atoms with Crippen molar-refractivity contribution in [2.24, 2.45) is 0 Å². The van der Waals surface area contributed by atoms with Gasteiger partial charge < -0.3 is 10.5 Å². The molecule has 0 aromatic carbocycles. The molecule has 6 heteroatoms. The molecule has 0 aliphatic heterocycles. The molecule has 1 heterocycles. The molecule has 0 bridgehead atoms. The average Bonchev–Trinajstić information content (AvgIpc) is 1.98. The summed E-state index contributed by atoms with van der Waals surface area (Å²) in [5, 5.41) is 0.178. The molecule has 1 rings (SSSR count). The standard InChI is InChI=1S/C7H6BrClN2O2/c1-3(12)13-7-6(8)4(10)2-5(9)11-7/h2H,1H3,(H2,10,11). The van der Waals surface area contributed by atoms with Gasteiger partial charge >= 0.3 is 5.97 Å². The van der Waals surface area contributed by atoms with Crippen LogP contribution in [0.15, 0.2) is 10.5 Å². The number of anilines is 1. The summed E-state index contributed by atoms with van der Waals surface area (Å²) in [6.45, 7) is 1.27. The highest BCUT2D eigenvalue weighted by atomic mass is 79.9. The van der Waals surface area contributed by atoms with Crippen molar-refractivity contribution in [1.82, 2.24) is 4.98 Å². The number of pyridine rings is 1. The Morgan fingerprint density at radius 2 is 2.38 bits per heavy atom. The zero-order valence-electron chi connectivity index (χ0n) is 6.67. The highest BCUT2D eigenvalue weighted by molar-refractivity contribution is 9.10. The number of halogens is 2. The molecule has 0 radical (unpaired) electrons. The molecule has 0 spiro atoms. The Bertz CT molecular complexity index is 357. The minimum absolute atomic E-state index is 0.0810. The van der Waals surface area contributed by atoms with Crippen LogP contribution in [0.25, 0.3) is 0 Å². The molecule has 70 valence electrons. The van der Waals surface area contributed by atoms with Gasteiger partial charge in [-0.15, -0.1) is 0 Å². The molecule has 0 aliphatic carbocycles. The summed E-state index contributed by atoms with van der Waals surface area (Å²) in [5.41, 5.74) is 5.91. The van der Waals surface area contributed by atoms with Gasteiger partial charge in [-0.1, -0.05) is 11.6 Å². The van der Waals surface area contributed by atoms with E-state index in [1.54, 1.807) is 0 Å². The Kier molecular flexibility index (Phi) is 3.11. The monoisotopic (exact) mass is 264 g/mol. The lowest BCUT2D eigenvalue weighted by atomic mass is 10.4. The van der Waals surface area contributed by atoms with Crippen LogP contribution in [0, 0.1) is 0 Å². The zero-order chi connectivity index (χ0) is 10.0. The number of rotatable bonds is 1. The number of esters is 1. The number of carbonyl (C=O) groups excluding carboxylic acids is 1. The molecule has 0 amide bonds. The van der Waals surface area contributed by atoms with Gasteiger partial charge in [-0.25, -0.2) is 0 Å². The predicted molar refractivity (Wildman–Crippen MR) is 52.7 cm³/mol. The van der Waals surface area contributed by atoms with Crippen molar-refractivity contribution in [3.05, 3.63) is 15.7 Å². The molecule has 1 aromatic rings. The first-order chi connectivity index (χ1) is 6.00. The Labute approximate surface area is 88.2 Å². The first kappa shape index (κ1) is 10.3. The largest absolute Gasteiger partial charge is 0.406 e. The summed E-state index contributed by atoms with van der Waals surface area (Å²) in [6, 6.07) is 1.46. The SMILES string of the molecule is CC(=O)Oc1nc(Cl)cc(N)c1Br. The number of hydrogen-bond donors (Lipinski definition) is 1. The summed E-state index contributed by atoms with van der Waals surface area (Å²) < 4.78 is 5.17. The smallest absolute Gasteiger partial charge is 0.309 e. The normalized spacial score (nSPS) is 9.77. The predicted octanol–water partition coefficient (Wildman–Crippen LogP) is 2.01. The first-order valence-corrected chi connectivity index (χ1v) is 4.47. The van der Waals surface area contributed by atoms with Crippen LogP contribution >= 0.6 is 27.5 Å². The molecule has 0 saturated heterocycles. The third-order valence-corrected chi connectivity index (χ3v) is 2.16. The fourth-order valence-corrected chi connectivity index (χ4v) is 1.18. The van der Waals surface area contributed by atoms with Crippen LogP contribution < -0.4 is 10.5 Å². The van der Waals surface area contributed by atoms with Gasteiger partial charge in [0.05, 0.1) is 5.69 Å². The van der Waals surface area contributed by atoms with E-state index in [4.69, 9.17) is 22.1 Å². The molecule has 0 atom stereocenters. The van der Waals surface area contributed by atoms with Crippen LogP contribution in [0.5, 0.6) is 5.88 Å². The van der Waals surface area contributed by atoms with Crippen molar-refractivity contribution in [1.29, 1.82) is 0 Å². The molecule has 4 nitrogen and oxygen atoms in total. The summed E-state index contributed by atoms with van der Waals surface area (Å²) >= 11 is 8.72. The van der Waals surface area contributed by atoms with Crippen LogP contribution in [0.4, 0.5) is 5.69 Å². The van der Waals surface area contributed by atoms with Crippen LogP contribution in [-0.4, -0.2) is 11.0 Å². The van der Waals surface area contributed by atoms with Crippen molar-refractivity contribution >= 4 is 39.2 Å². The Morgan fingerprint density at radius 3 is 2.92 bits per heavy atom. The molecular weight excluding hydrogens is 259 g/mol. The van der Waals surface area contributed by atoms with E-state index in [0.717, 1.165) is 0 Å². The van der Waals surface area contributed by atoms with Crippen molar-refractivity contribution in [3.63, 3.8) is 0 Å². The minimum Gasteiger partial charge on any atom is -0.406 e. The Morgan fingerprint density at radius 1 is 1.77 bits per heavy atom. The van der Waals surface area contributed by atoms with E-state index in [0.29, 0.717) is 10.2 Å². The number of nitrogens with zero attached hydrogens (tertiary/aromatic N) is 1. The van der Waals surface area contributed by atoms with E-state index < -0.39 is 5.97 Å². The highest BCUT2D eigenvalue weighted by Crippen LogP contribution is 2.30. The number of nitrogens with two attached hydrogens (primary N) is 1. The van der Waals surface area contributed by atoms with Gasteiger partial charge in [-0.2, -0.15) is 4.98 Å². The molecule has 0 unspecified atom stereocenters. The Hall–Kier alpha value is -0.810.